The molecule has 0 radical (unpaired) electrons. The monoisotopic (exact) mass is 631 g/mol. The van der Waals surface area contributed by atoms with Gasteiger partial charge in [0.25, 0.3) is 0 Å². The second-order valence-electron chi connectivity index (χ2n) is 12.3. The minimum atomic E-state index is -0.400. The third-order valence-electron chi connectivity index (χ3n) is 9.12. The van der Waals surface area contributed by atoms with Crippen LogP contribution in [0.2, 0.25) is 0 Å². The number of H-pyrrole nitrogens is 2. The Kier molecular flexibility index (Phi) is 7.78. The lowest BCUT2D eigenvalue weighted by Crippen LogP contribution is -2.25. The number of fused-ring (bicyclic) bond motifs is 2. The van der Waals surface area contributed by atoms with Crippen LogP contribution in [0.1, 0.15) is 38.5 Å². The van der Waals surface area contributed by atoms with Crippen LogP contribution < -0.4 is 10.1 Å². The molecule has 47 heavy (non-hydrogen) atoms. The number of carbonyl (C=O) groups excluding carboxylic acids is 1. The molecule has 12 heteroatoms. The summed E-state index contributed by atoms with van der Waals surface area (Å²) in [6.45, 7) is 3.47. The second kappa shape index (κ2) is 12.5. The average Bonchev–Trinajstić information content (AvgIpc) is 3.91. The predicted octanol–water partition coefficient (Wildman–Crippen LogP) is 6.37. The van der Waals surface area contributed by atoms with E-state index in [0.29, 0.717) is 52.0 Å². The zero-order chi connectivity index (χ0) is 31.7. The van der Waals surface area contributed by atoms with Gasteiger partial charge in [-0.3, -0.25) is 29.7 Å². The van der Waals surface area contributed by atoms with Gasteiger partial charge in [0.2, 0.25) is 5.91 Å². The van der Waals surface area contributed by atoms with E-state index >= 15 is 0 Å². The van der Waals surface area contributed by atoms with Gasteiger partial charge in [-0.25, -0.2) is 9.37 Å². The fourth-order valence-electron chi connectivity index (χ4n) is 6.68. The number of nitrogens with zero attached hydrogens (tertiary/aromatic N) is 6. The number of aromatic amines is 2. The number of hydrogen-bond donors (Lipinski definition) is 3. The summed E-state index contributed by atoms with van der Waals surface area (Å²) < 4.78 is 20.7. The minimum Gasteiger partial charge on any atom is -0.492 e. The number of nitrogens with one attached hydrogen (secondary N) is 3. The molecule has 6 aromatic rings. The first-order valence-electron chi connectivity index (χ1n) is 16.2. The van der Waals surface area contributed by atoms with Crippen LogP contribution in [0.15, 0.2) is 61.2 Å². The largest absolute Gasteiger partial charge is 0.492 e. The zero-order valence-electron chi connectivity index (χ0n) is 25.8. The van der Waals surface area contributed by atoms with Gasteiger partial charge in [-0.1, -0.05) is 12.8 Å². The third-order valence-corrected chi connectivity index (χ3v) is 9.12. The van der Waals surface area contributed by atoms with Crippen LogP contribution in [0.4, 0.5) is 10.1 Å². The number of aromatic nitrogens is 7. The Bertz CT molecular complexity index is 2080. The zero-order valence-corrected chi connectivity index (χ0v) is 25.8. The van der Waals surface area contributed by atoms with E-state index in [1.807, 2.05) is 24.3 Å². The van der Waals surface area contributed by atoms with Gasteiger partial charge in [-0.2, -0.15) is 5.10 Å². The first kappa shape index (κ1) is 29.2. The number of anilines is 1. The standard InChI is InChI=1S/C35H34FN9O2/c36-24-13-22(15-26(16-24)47-12-11-45-9-3-4-10-45)31-33-28(7-8-38-31)41-34(42-33)32-27-17-29(39-20-30(27)43-44-32)23-14-25(19-37-18-23)40-35(46)21-5-1-2-6-21/h7-8,13-21H,1-6,9-12H2,(H,40,46)(H,41,42)(H,43,44). The van der Waals surface area contributed by atoms with Gasteiger partial charge < -0.3 is 15.0 Å². The first-order chi connectivity index (χ1) is 23.1. The van der Waals surface area contributed by atoms with Gasteiger partial charge in [-0.15, -0.1) is 0 Å². The van der Waals surface area contributed by atoms with E-state index in [2.05, 4.69) is 40.3 Å². The Morgan fingerprint density at radius 1 is 0.957 bits per heavy atom. The Hall–Kier alpha value is -5.23. The summed E-state index contributed by atoms with van der Waals surface area (Å²) >= 11 is 0. The van der Waals surface area contributed by atoms with Crippen LogP contribution in [-0.2, 0) is 4.79 Å². The quantitative estimate of drug-likeness (QED) is 0.167. The van der Waals surface area contributed by atoms with Crippen LogP contribution in [0.25, 0.3) is 56.0 Å². The molecule has 1 aliphatic carbocycles. The first-order valence-corrected chi connectivity index (χ1v) is 16.2. The molecule has 8 rings (SSSR count). The van der Waals surface area contributed by atoms with E-state index in [1.54, 1.807) is 24.8 Å². The van der Waals surface area contributed by atoms with Crippen molar-refractivity contribution in [3.63, 3.8) is 0 Å². The summed E-state index contributed by atoms with van der Waals surface area (Å²) in [6.07, 6.45) is 13.2. The molecule has 1 aliphatic heterocycles. The fourth-order valence-corrected chi connectivity index (χ4v) is 6.68. The Labute approximate surface area is 270 Å². The molecule has 0 bridgehead atoms. The summed E-state index contributed by atoms with van der Waals surface area (Å²) in [4.78, 5) is 36.9. The van der Waals surface area contributed by atoms with Crippen LogP contribution in [0.3, 0.4) is 0 Å². The molecule has 0 atom stereocenters. The summed E-state index contributed by atoms with van der Waals surface area (Å²) in [6, 6.07) is 10.3. The van der Waals surface area contributed by atoms with Gasteiger partial charge in [0, 0.05) is 47.4 Å². The normalized spacial score (nSPS) is 15.6. The van der Waals surface area contributed by atoms with Gasteiger partial charge >= 0.3 is 0 Å². The van der Waals surface area contributed by atoms with Crippen molar-refractivity contribution in [2.45, 2.75) is 38.5 Å². The summed E-state index contributed by atoms with van der Waals surface area (Å²) in [5.41, 5.74) is 5.89. The predicted molar refractivity (Wildman–Crippen MR) is 177 cm³/mol. The fraction of sp³-hybridized carbons (Fsp3) is 0.314. The molecule has 5 aromatic heterocycles. The molecule has 6 heterocycles. The second-order valence-corrected chi connectivity index (χ2v) is 12.3. The molecule has 1 aromatic carbocycles. The van der Waals surface area contributed by atoms with Crippen molar-refractivity contribution >= 4 is 33.5 Å². The molecule has 2 aliphatic rings. The van der Waals surface area contributed by atoms with Gasteiger partial charge in [0.05, 0.1) is 40.5 Å². The maximum absolute atomic E-state index is 14.8. The van der Waals surface area contributed by atoms with Gasteiger partial charge in [0.1, 0.15) is 29.4 Å². The van der Waals surface area contributed by atoms with Crippen LogP contribution in [0, 0.1) is 11.7 Å². The number of benzene rings is 1. The van der Waals surface area contributed by atoms with E-state index in [0.717, 1.165) is 67.3 Å². The summed E-state index contributed by atoms with van der Waals surface area (Å²) in [7, 11) is 0. The number of imidazole rings is 1. The van der Waals surface area contributed by atoms with Crippen LogP contribution >= 0.6 is 0 Å². The molecule has 1 saturated heterocycles. The van der Waals surface area contributed by atoms with Crippen molar-refractivity contribution in [3.05, 3.63) is 67.0 Å². The number of likely N-dealkylation sites (tertiary alicyclic amines) is 1. The van der Waals surface area contributed by atoms with E-state index in [4.69, 9.17) is 9.72 Å². The maximum atomic E-state index is 14.8. The lowest BCUT2D eigenvalue weighted by molar-refractivity contribution is -0.119. The summed E-state index contributed by atoms with van der Waals surface area (Å²) in [5, 5.41) is 11.4. The number of carbonyl (C=O) groups is 1. The van der Waals surface area contributed by atoms with Crippen molar-refractivity contribution in [2.24, 2.45) is 5.92 Å². The van der Waals surface area contributed by atoms with E-state index < -0.39 is 5.82 Å². The van der Waals surface area contributed by atoms with Crippen LogP contribution in [-0.4, -0.2) is 72.2 Å². The highest BCUT2D eigenvalue weighted by atomic mass is 19.1. The number of pyridine rings is 3. The minimum absolute atomic E-state index is 0.0419. The van der Waals surface area contributed by atoms with Crippen LogP contribution in [0.5, 0.6) is 5.75 Å². The Morgan fingerprint density at radius 3 is 2.70 bits per heavy atom. The van der Waals surface area contributed by atoms with Crippen molar-refractivity contribution in [1.82, 2.24) is 40.0 Å². The molecule has 0 unspecified atom stereocenters. The highest BCUT2D eigenvalue weighted by Gasteiger charge is 2.23. The molecule has 0 spiro atoms. The lowest BCUT2D eigenvalue weighted by Gasteiger charge is -2.15. The molecule has 238 valence electrons. The van der Waals surface area contributed by atoms with E-state index in [1.165, 1.54) is 25.0 Å². The van der Waals surface area contributed by atoms with E-state index in [-0.39, 0.29) is 11.8 Å². The molecular formula is C35H34FN9O2. The molecule has 2 fully saturated rings. The number of amides is 1. The van der Waals surface area contributed by atoms with E-state index in [9.17, 15) is 9.18 Å². The molecule has 3 N–H and O–H groups in total. The highest BCUT2D eigenvalue weighted by molar-refractivity contribution is 5.97. The SMILES string of the molecule is O=C(Nc1cncc(-c2cc3c(-c4nc5c(-c6cc(F)cc(OCCN7CCCC7)c6)nccc5[nH]4)n[nH]c3cn2)c1)C1CCCC1. The number of halogens is 1. The summed E-state index contributed by atoms with van der Waals surface area (Å²) in [5.74, 6) is 0.695. The topological polar surface area (TPSA) is 138 Å². The molecular weight excluding hydrogens is 597 g/mol. The number of hydrogen-bond acceptors (Lipinski definition) is 8. The Balaban J connectivity index is 1.08. The highest BCUT2D eigenvalue weighted by Crippen LogP contribution is 2.33. The van der Waals surface area contributed by atoms with Crippen molar-refractivity contribution in [3.8, 4) is 39.8 Å². The third kappa shape index (κ3) is 6.03. The van der Waals surface area contributed by atoms with Gasteiger partial charge in [-0.05, 0) is 69.1 Å². The molecule has 1 amide bonds. The van der Waals surface area contributed by atoms with Crippen molar-refractivity contribution in [1.29, 1.82) is 0 Å². The molecule has 11 nitrogen and oxygen atoms in total. The molecule has 1 saturated carbocycles. The average molecular weight is 632 g/mol. The van der Waals surface area contributed by atoms with Crippen molar-refractivity contribution in [2.75, 3.05) is 31.6 Å². The Morgan fingerprint density at radius 2 is 1.83 bits per heavy atom. The lowest BCUT2D eigenvalue weighted by atomic mass is 10.1. The van der Waals surface area contributed by atoms with Crippen molar-refractivity contribution < 1.29 is 13.9 Å². The smallest absolute Gasteiger partial charge is 0.227 e. The number of rotatable bonds is 9. The van der Waals surface area contributed by atoms with Gasteiger partial charge in [0.15, 0.2) is 5.82 Å². The number of ether oxygens (including phenoxy) is 1. The maximum Gasteiger partial charge on any atom is 0.227 e.